The van der Waals surface area contributed by atoms with Crippen LogP contribution in [0.2, 0.25) is 0 Å². The monoisotopic (exact) mass is 462 g/mol. The molecule has 1 aliphatic rings. The van der Waals surface area contributed by atoms with Crippen LogP contribution in [0.15, 0.2) is 55.1 Å². The lowest BCUT2D eigenvalue weighted by Crippen LogP contribution is -2.51. The van der Waals surface area contributed by atoms with Gasteiger partial charge in [0.2, 0.25) is 6.10 Å². The third-order valence-electron chi connectivity index (χ3n) is 5.87. The first kappa shape index (κ1) is 21.5. The first-order chi connectivity index (χ1) is 16.0. The number of para-hydroxylation sites is 2. The number of fused-ring (bicyclic) bond motifs is 2. The van der Waals surface area contributed by atoms with Gasteiger partial charge in [-0.15, -0.1) is 0 Å². The first-order valence-corrected chi connectivity index (χ1v) is 11.9. The molecule has 0 saturated carbocycles. The molecule has 0 bridgehead atoms. The highest BCUT2D eigenvalue weighted by Gasteiger charge is 2.38. The summed E-state index contributed by atoms with van der Waals surface area (Å²) >= 11 is 1.55. The van der Waals surface area contributed by atoms with Crippen LogP contribution in [0.5, 0.6) is 11.5 Å². The van der Waals surface area contributed by atoms with Crippen molar-refractivity contribution in [2.45, 2.75) is 45.9 Å². The summed E-state index contributed by atoms with van der Waals surface area (Å²) in [6.45, 7) is 7.27. The normalized spacial score (nSPS) is 17.3. The molecule has 0 saturated heterocycles. The number of carbonyl (C=O) groups excluding carboxylic acids is 1. The Bertz CT molecular complexity index is 1250. The maximum absolute atomic E-state index is 13.8. The molecule has 0 radical (unpaired) electrons. The van der Waals surface area contributed by atoms with E-state index in [1.165, 1.54) is 0 Å². The molecule has 33 heavy (non-hydrogen) atoms. The number of imidazole rings is 1. The highest BCUT2D eigenvalue weighted by Crippen LogP contribution is 2.36. The summed E-state index contributed by atoms with van der Waals surface area (Å²) in [5, 5.41) is 0.688. The fourth-order valence-electron chi connectivity index (χ4n) is 4.04. The number of nitrogens with zero attached hydrogens (tertiary/aromatic N) is 4. The standard InChI is InChI=1S/C25H26N4O3S/c1-16-9-10-17(2)23-21(16)27-25(33-23)29(13-6-12-28-14-11-26-15-28)24(30)22-18(3)31-19-7-4-5-8-20(19)32-22/h4-5,7-11,14-15,18,22H,6,12-13H2,1-3H3. The van der Waals surface area contributed by atoms with E-state index in [4.69, 9.17) is 14.5 Å². The lowest BCUT2D eigenvalue weighted by Gasteiger charge is -2.33. The number of aryl methyl sites for hydroxylation is 3. The first-order valence-electron chi connectivity index (χ1n) is 11.1. The molecule has 2 aromatic heterocycles. The number of thiazole rings is 1. The Morgan fingerprint density at radius 2 is 1.88 bits per heavy atom. The smallest absolute Gasteiger partial charge is 0.273 e. The van der Waals surface area contributed by atoms with Crippen molar-refractivity contribution in [2.75, 3.05) is 11.4 Å². The molecule has 1 aliphatic heterocycles. The molecule has 2 atom stereocenters. The number of amides is 1. The Kier molecular flexibility index (Phi) is 5.76. The van der Waals surface area contributed by atoms with Crippen molar-refractivity contribution in [3.63, 3.8) is 0 Å². The van der Waals surface area contributed by atoms with Crippen LogP contribution >= 0.6 is 11.3 Å². The van der Waals surface area contributed by atoms with E-state index in [1.807, 2.05) is 48.9 Å². The van der Waals surface area contributed by atoms with Gasteiger partial charge in [-0.3, -0.25) is 9.69 Å². The number of aromatic nitrogens is 3. The van der Waals surface area contributed by atoms with Crippen LogP contribution in [0.25, 0.3) is 10.2 Å². The van der Waals surface area contributed by atoms with Crippen molar-refractivity contribution in [2.24, 2.45) is 0 Å². The minimum Gasteiger partial charge on any atom is -0.482 e. The van der Waals surface area contributed by atoms with Gasteiger partial charge in [0.25, 0.3) is 5.91 Å². The lowest BCUT2D eigenvalue weighted by atomic mass is 10.1. The number of carbonyl (C=O) groups is 1. The van der Waals surface area contributed by atoms with E-state index in [1.54, 1.807) is 28.8 Å². The minimum absolute atomic E-state index is 0.142. The van der Waals surface area contributed by atoms with Crippen molar-refractivity contribution in [1.82, 2.24) is 14.5 Å². The quantitative estimate of drug-likeness (QED) is 0.413. The molecule has 0 N–H and O–H groups in total. The molecular formula is C25H26N4O3S. The third-order valence-corrected chi connectivity index (χ3v) is 7.08. The molecule has 0 aliphatic carbocycles. The summed E-state index contributed by atoms with van der Waals surface area (Å²) in [6, 6.07) is 11.6. The summed E-state index contributed by atoms with van der Waals surface area (Å²) in [5.41, 5.74) is 3.20. The number of anilines is 1. The maximum atomic E-state index is 13.8. The summed E-state index contributed by atoms with van der Waals surface area (Å²) in [7, 11) is 0. The summed E-state index contributed by atoms with van der Waals surface area (Å²) in [5.74, 6) is 1.10. The zero-order valence-electron chi connectivity index (χ0n) is 18.9. The molecule has 7 nitrogen and oxygen atoms in total. The number of hydrogen-bond donors (Lipinski definition) is 0. The van der Waals surface area contributed by atoms with Crippen LogP contribution in [0.1, 0.15) is 24.5 Å². The van der Waals surface area contributed by atoms with Crippen molar-refractivity contribution >= 4 is 32.6 Å². The van der Waals surface area contributed by atoms with Crippen molar-refractivity contribution in [3.05, 3.63) is 66.2 Å². The Morgan fingerprint density at radius 3 is 2.61 bits per heavy atom. The molecule has 2 unspecified atom stereocenters. The molecule has 170 valence electrons. The molecular weight excluding hydrogens is 436 g/mol. The molecule has 5 rings (SSSR count). The molecule has 3 heterocycles. The van der Waals surface area contributed by atoms with Gasteiger partial charge >= 0.3 is 0 Å². The Labute approximate surface area is 196 Å². The second-order valence-corrected chi connectivity index (χ2v) is 9.30. The minimum atomic E-state index is -0.748. The molecule has 4 aromatic rings. The lowest BCUT2D eigenvalue weighted by molar-refractivity contribution is -0.130. The summed E-state index contributed by atoms with van der Waals surface area (Å²) < 4.78 is 15.3. The fraction of sp³-hybridized carbons (Fsp3) is 0.320. The van der Waals surface area contributed by atoms with E-state index >= 15 is 0 Å². The maximum Gasteiger partial charge on any atom is 0.273 e. The largest absolute Gasteiger partial charge is 0.482 e. The molecule has 8 heteroatoms. The predicted molar refractivity (Wildman–Crippen MR) is 129 cm³/mol. The Morgan fingerprint density at radius 1 is 1.12 bits per heavy atom. The summed E-state index contributed by atoms with van der Waals surface area (Å²) in [6.07, 6.45) is 5.06. The van der Waals surface area contributed by atoms with Gasteiger partial charge in [-0.25, -0.2) is 9.97 Å². The van der Waals surface area contributed by atoms with Gasteiger partial charge in [-0.1, -0.05) is 35.6 Å². The van der Waals surface area contributed by atoms with Gasteiger partial charge in [0, 0.05) is 25.5 Å². The molecule has 2 aromatic carbocycles. The van der Waals surface area contributed by atoms with E-state index < -0.39 is 12.2 Å². The van der Waals surface area contributed by atoms with Gasteiger partial charge < -0.3 is 14.0 Å². The average molecular weight is 463 g/mol. The highest BCUT2D eigenvalue weighted by atomic mass is 32.1. The second-order valence-electron chi connectivity index (χ2n) is 8.33. The van der Waals surface area contributed by atoms with Crippen molar-refractivity contribution < 1.29 is 14.3 Å². The SMILES string of the molecule is Cc1ccc(C)c2sc(N(CCCn3ccnc3)C(=O)C3Oc4ccccc4OC3C)nc12. The number of ether oxygens (including phenoxy) is 2. The summed E-state index contributed by atoms with van der Waals surface area (Å²) in [4.78, 5) is 24.6. The topological polar surface area (TPSA) is 69.5 Å². The van der Waals surface area contributed by atoms with Gasteiger partial charge in [-0.2, -0.15) is 0 Å². The Balaban J connectivity index is 1.46. The van der Waals surface area contributed by atoms with Crippen LogP contribution in [-0.4, -0.2) is 39.2 Å². The average Bonchev–Trinajstić information content (AvgIpc) is 3.49. The van der Waals surface area contributed by atoms with Crippen LogP contribution in [0.4, 0.5) is 5.13 Å². The van der Waals surface area contributed by atoms with E-state index in [2.05, 4.69) is 24.0 Å². The van der Waals surface area contributed by atoms with Gasteiger partial charge in [0.1, 0.15) is 6.10 Å². The highest BCUT2D eigenvalue weighted by molar-refractivity contribution is 7.22. The zero-order chi connectivity index (χ0) is 22.9. The van der Waals surface area contributed by atoms with Crippen molar-refractivity contribution in [1.29, 1.82) is 0 Å². The van der Waals surface area contributed by atoms with Gasteiger partial charge in [0.15, 0.2) is 16.6 Å². The van der Waals surface area contributed by atoms with E-state index in [0.29, 0.717) is 23.2 Å². The zero-order valence-corrected chi connectivity index (χ0v) is 19.7. The molecule has 0 spiro atoms. The Hall–Kier alpha value is -3.39. The van der Waals surface area contributed by atoms with Crippen LogP contribution in [0.3, 0.4) is 0 Å². The van der Waals surface area contributed by atoms with Crippen molar-refractivity contribution in [3.8, 4) is 11.5 Å². The van der Waals surface area contributed by atoms with Gasteiger partial charge in [0.05, 0.1) is 16.5 Å². The molecule has 0 fully saturated rings. The van der Waals surface area contributed by atoms with Crippen LogP contribution < -0.4 is 14.4 Å². The second kappa shape index (κ2) is 8.86. The van der Waals surface area contributed by atoms with E-state index in [9.17, 15) is 4.79 Å². The third kappa shape index (κ3) is 4.18. The predicted octanol–water partition coefficient (Wildman–Crippen LogP) is 4.76. The van der Waals surface area contributed by atoms with Gasteiger partial charge in [-0.05, 0) is 50.5 Å². The number of benzene rings is 2. The number of hydrogen-bond acceptors (Lipinski definition) is 6. The van der Waals surface area contributed by atoms with E-state index in [0.717, 1.165) is 34.3 Å². The fourth-order valence-corrected chi connectivity index (χ4v) is 5.18. The van der Waals surface area contributed by atoms with E-state index in [-0.39, 0.29) is 5.91 Å². The van der Waals surface area contributed by atoms with Crippen LogP contribution in [-0.2, 0) is 11.3 Å². The molecule has 1 amide bonds. The van der Waals surface area contributed by atoms with Crippen LogP contribution in [0, 0.1) is 13.8 Å². The number of rotatable bonds is 6.